The highest BCUT2D eigenvalue weighted by Crippen LogP contribution is 2.26. The molecule has 1 aliphatic rings. The largest absolute Gasteiger partial charge is 0.342 e. The zero-order valence-electron chi connectivity index (χ0n) is 17.7. The Morgan fingerprint density at radius 3 is 2.53 bits per heavy atom. The summed E-state index contributed by atoms with van der Waals surface area (Å²) in [6.45, 7) is 0.401. The van der Waals surface area contributed by atoms with Crippen molar-refractivity contribution in [1.29, 1.82) is 0 Å². The van der Waals surface area contributed by atoms with E-state index in [1.54, 1.807) is 6.20 Å². The average Bonchev–Trinajstić information content (AvgIpc) is 3.23. The first-order valence-electron chi connectivity index (χ1n) is 10.4. The molecule has 7 nitrogen and oxygen atoms in total. The van der Waals surface area contributed by atoms with Gasteiger partial charge in [0.1, 0.15) is 17.7 Å². The number of piperidine rings is 1. The number of imidazole rings is 1. The molecule has 1 saturated heterocycles. The molecule has 0 bridgehead atoms. The number of hydrogen-bond acceptors (Lipinski definition) is 4. The van der Waals surface area contributed by atoms with Crippen LogP contribution in [0, 0.1) is 11.7 Å². The summed E-state index contributed by atoms with van der Waals surface area (Å²) >= 11 is 0. The molecule has 32 heavy (non-hydrogen) atoms. The van der Waals surface area contributed by atoms with Crippen LogP contribution in [-0.4, -0.2) is 41.3 Å². The summed E-state index contributed by atoms with van der Waals surface area (Å²) in [5, 5.41) is 3.07. The highest BCUT2D eigenvalue weighted by Gasteiger charge is 2.34. The van der Waals surface area contributed by atoms with Gasteiger partial charge in [-0.2, -0.15) is 4.31 Å². The number of aromatic nitrogens is 2. The second-order valence-electron chi connectivity index (χ2n) is 7.90. The molecule has 1 fully saturated rings. The van der Waals surface area contributed by atoms with Crippen molar-refractivity contribution in [2.45, 2.75) is 23.8 Å². The molecule has 2 atom stereocenters. The maximum Gasteiger partial charge on any atom is 0.243 e. The minimum Gasteiger partial charge on any atom is -0.342 e. The minimum absolute atomic E-state index is 0.0233. The molecule has 0 radical (unpaired) electrons. The van der Waals surface area contributed by atoms with Crippen molar-refractivity contribution in [3.63, 3.8) is 0 Å². The maximum atomic E-state index is 13.2. The van der Waals surface area contributed by atoms with Gasteiger partial charge in [0.25, 0.3) is 0 Å². The van der Waals surface area contributed by atoms with Gasteiger partial charge in [-0.1, -0.05) is 30.3 Å². The van der Waals surface area contributed by atoms with Crippen LogP contribution in [0.5, 0.6) is 0 Å². The van der Waals surface area contributed by atoms with Crippen LogP contribution < -0.4 is 5.32 Å². The van der Waals surface area contributed by atoms with Gasteiger partial charge in [-0.25, -0.2) is 17.8 Å². The third kappa shape index (κ3) is 4.58. The summed E-state index contributed by atoms with van der Waals surface area (Å²) in [4.78, 5) is 17.6. The monoisotopic (exact) mass is 456 g/mol. The number of nitrogens with zero attached hydrogens (tertiary/aromatic N) is 3. The predicted octanol–water partition coefficient (Wildman–Crippen LogP) is 2.87. The van der Waals surface area contributed by atoms with E-state index in [0.717, 1.165) is 17.7 Å². The van der Waals surface area contributed by atoms with Crippen LogP contribution in [-0.2, 0) is 21.9 Å². The Balaban J connectivity index is 1.53. The molecule has 0 aliphatic carbocycles. The number of aryl methyl sites for hydroxylation is 1. The first-order chi connectivity index (χ1) is 15.4. The molecule has 2 aromatic carbocycles. The van der Waals surface area contributed by atoms with E-state index in [1.807, 2.05) is 48.1 Å². The molecule has 3 aromatic rings. The number of carbonyl (C=O) groups is 1. The molecule has 4 rings (SSSR count). The Kier molecular flexibility index (Phi) is 6.38. The van der Waals surface area contributed by atoms with E-state index in [2.05, 4.69) is 10.3 Å². The van der Waals surface area contributed by atoms with Gasteiger partial charge in [0.15, 0.2) is 0 Å². The first kappa shape index (κ1) is 22.2. The van der Waals surface area contributed by atoms with Crippen molar-refractivity contribution in [1.82, 2.24) is 19.2 Å². The van der Waals surface area contributed by atoms with E-state index in [1.165, 1.54) is 16.4 Å². The van der Waals surface area contributed by atoms with Crippen LogP contribution in [0.1, 0.15) is 30.3 Å². The number of benzene rings is 2. The average molecular weight is 457 g/mol. The van der Waals surface area contributed by atoms with Gasteiger partial charge in [0.2, 0.25) is 15.9 Å². The molecule has 9 heteroatoms. The van der Waals surface area contributed by atoms with Crippen LogP contribution in [0.3, 0.4) is 0 Å². The van der Waals surface area contributed by atoms with Gasteiger partial charge in [-0.05, 0) is 42.7 Å². The Morgan fingerprint density at radius 2 is 1.88 bits per heavy atom. The zero-order chi connectivity index (χ0) is 22.7. The lowest BCUT2D eigenvalue weighted by atomic mass is 9.97. The number of halogens is 1. The number of rotatable bonds is 6. The summed E-state index contributed by atoms with van der Waals surface area (Å²) in [5.41, 5.74) is 0.891. The van der Waals surface area contributed by atoms with Crippen molar-refractivity contribution in [3.05, 3.63) is 84.2 Å². The molecule has 2 heterocycles. The van der Waals surface area contributed by atoms with Crippen LogP contribution >= 0.6 is 0 Å². The van der Waals surface area contributed by atoms with Gasteiger partial charge >= 0.3 is 0 Å². The number of amides is 1. The number of nitrogens with one attached hydrogen (secondary N) is 1. The molecule has 1 amide bonds. The molecule has 1 aliphatic heterocycles. The fraction of sp³-hybridized carbons (Fsp3) is 0.304. The SMILES string of the molecule is Cn1ccnc1[C@@H](NC(=O)[C@@H]1CCCN(S(=O)(=O)c2ccc(F)cc2)C1)c1ccccc1. The van der Waals surface area contributed by atoms with Crippen molar-refractivity contribution >= 4 is 15.9 Å². The van der Waals surface area contributed by atoms with Gasteiger partial charge < -0.3 is 9.88 Å². The molecule has 0 saturated carbocycles. The zero-order valence-corrected chi connectivity index (χ0v) is 18.5. The lowest BCUT2D eigenvalue weighted by Gasteiger charge is -2.32. The Hall–Kier alpha value is -3.04. The first-order valence-corrected chi connectivity index (χ1v) is 11.9. The third-order valence-electron chi connectivity index (χ3n) is 5.74. The fourth-order valence-corrected chi connectivity index (χ4v) is 5.51. The Morgan fingerprint density at radius 1 is 1.16 bits per heavy atom. The normalized spacial score (nSPS) is 18.2. The second-order valence-corrected chi connectivity index (χ2v) is 9.84. The van der Waals surface area contributed by atoms with Crippen LogP contribution in [0.15, 0.2) is 71.9 Å². The van der Waals surface area contributed by atoms with Gasteiger partial charge in [0.05, 0.1) is 10.8 Å². The molecular weight excluding hydrogens is 431 g/mol. The summed E-state index contributed by atoms with van der Waals surface area (Å²) < 4.78 is 42.4. The summed E-state index contributed by atoms with van der Waals surface area (Å²) in [6.07, 6.45) is 4.64. The van der Waals surface area contributed by atoms with Crippen LogP contribution in [0.25, 0.3) is 0 Å². The van der Waals surface area contributed by atoms with Crippen molar-refractivity contribution in [2.75, 3.05) is 13.1 Å². The highest BCUT2D eigenvalue weighted by atomic mass is 32.2. The number of sulfonamides is 1. The quantitative estimate of drug-likeness (QED) is 0.618. The van der Waals surface area contributed by atoms with E-state index in [-0.39, 0.29) is 17.3 Å². The van der Waals surface area contributed by atoms with Gasteiger partial charge in [-0.3, -0.25) is 4.79 Å². The van der Waals surface area contributed by atoms with E-state index >= 15 is 0 Å². The molecule has 1 aromatic heterocycles. The fourth-order valence-electron chi connectivity index (χ4n) is 3.99. The lowest BCUT2D eigenvalue weighted by molar-refractivity contribution is -0.126. The standard InChI is InChI=1S/C23H25FN4O3S/c1-27-15-13-25-22(27)21(17-6-3-2-4-7-17)26-23(29)18-8-5-14-28(16-18)32(30,31)20-11-9-19(24)10-12-20/h2-4,6-7,9-13,15,18,21H,5,8,14,16H2,1H3,(H,26,29)/t18-,21+/m1/s1. The van der Waals surface area contributed by atoms with Gasteiger partial charge in [-0.15, -0.1) is 0 Å². The van der Waals surface area contributed by atoms with Crippen molar-refractivity contribution in [2.24, 2.45) is 13.0 Å². The van der Waals surface area contributed by atoms with E-state index in [9.17, 15) is 17.6 Å². The number of hydrogen-bond donors (Lipinski definition) is 1. The topological polar surface area (TPSA) is 84.3 Å². The number of carbonyl (C=O) groups excluding carboxylic acids is 1. The maximum absolute atomic E-state index is 13.2. The molecule has 0 unspecified atom stereocenters. The minimum atomic E-state index is -3.81. The molecule has 0 spiro atoms. The van der Waals surface area contributed by atoms with Crippen LogP contribution in [0.4, 0.5) is 4.39 Å². The van der Waals surface area contributed by atoms with E-state index in [0.29, 0.717) is 25.2 Å². The van der Waals surface area contributed by atoms with Crippen LogP contribution in [0.2, 0.25) is 0 Å². The summed E-state index contributed by atoms with van der Waals surface area (Å²) in [7, 11) is -1.94. The molecule has 1 N–H and O–H groups in total. The second kappa shape index (κ2) is 9.22. The van der Waals surface area contributed by atoms with Crippen molar-refractivity contribution in [3.8, 4) is 0 Å². The van der Waals surface area contributed by atoms with E-state index < -0.39 is 27.8 Å². The molecule has 168 valence electrons. The Bertz CT molecular complexity index is 1180. The van der Waals surface area contributed by atoms with E-state index in [4.69, 9.17) is 0 Å². The third-order valence-corrected chi connectivity index (χ3v) is 7.62. The predicted molar refractivity (Wildman–Crippen MR) is 118 cm³/mol. The van der Waals surface area contributed by atoms with Gasteiger partial charge in [0, 0.05) is 32.5 Å². The van der Waals surface area contributed by atoms with Crippen molar-refractivity contribution < 1.29 is 17.6 Å². The Labute approximate surface area is 186 Å². The smallest absolute Gasteiger partial charge is 0.243 e. The summed E-state index contributed by atoms with van der Waals surface area (Å²) in [5.74, 6) is -0.524. The lowest BCUT2D eigenvalue weighted by Crippen LogP contribution is -2.46. The highest BCUT2D eigenvalue weighted by molar-refractivity contribution is 7.89. The summed E-state index contributed by atoms with van der Waals surface area (Å²) in [6, 6.07) is 13.8. The molecular formula is C23H25FN4O3S.